The SMILES string of the molecule is CC(C)OC(=O)N1[C@H](c2ccccc2)CC2(OCCO2)[C@@H](C)N1C(=O)OC(C)C. The predicted octanol–water partition coefficient (Wildman–Crippen LogP) is 3.87. The van der Waals surface area contributed by atoms with Crippen LogP contribution in [0.15, 0.2) is 30.3 Å². The van der Waals surface area contributed by atoms with Gasteiger partial charge in [0.15, 0.2) is 5.79 Å². The molecule has 0 aromatic heterocycles. The minimum absolute atomic E-state index is 0.341. The van der Waals surface area contributed by atoms with E-state index in [2.05, 4.69) is 0 Å². The summed E-state index contributed by atoms with van der Waals surface area (Å²) in [7, 11) is 0. The summed E-state index contributed by atoms with van der Waals surface area (Å²) in [6, 6.07) is 8.38. The topological polar surface area (TPSA) is 77.5 Å². The van der Waals surface area contributed by atoms with E-state index in [-0.39, 0.29) is 12.2 Å². The maximum atomic E-state index is 13.1. The molecule has 8 nitrogen and oxygen atoms in total. The van der Waals surface area contributed by atoms with Gasteiger partial charge in [0.1, 0.15) is 6.04 Å². The highest BCUT2D eigenvalue weighted by molar-refractivity contribution is 5.75. The van der Waals surface area contributed by atoms with Crippen LogP contribution in [0.3, 0.4) is 0 Å². The second kappa shape index (κ2) is 8.59. The summed E-state index contributed by atoms with van der Waals surface area (Å²) in [4.78, 5) is 26.2. The van der Waals surface area contributed by atoms with Crippen LogP contribution in [0.1, 0.15) is 52.6 Å². The smallest absolute Gasteiger partial charge is 0.429 e. The summed E-state index contributed by atoms with van der Waals surface area (Å²) in [5.74, 6) is -1.02. The van der Waals surface area contributed by atoms with Gasteiger partial charge in [0.25, 0.3) is 0 Å². The van der Waals surface area contributed by atoms with E-state index in [4.69, 9.17) is 18.9 Å². The Morgan fingerprint density at radius 1 is 0.966 bits per heavy atom. The Hall–Kier alpha value is -2.32. The van der Waals surface area contributed by atoms with Crippen molar-refractivity contribution in [2.24, 2.45) is 0 Å². The van der Waals surface area contributed by atoms with Crippen LogP contribution in [-0.2, 0) is 18.9 Å². The lowest BCUT2D eigenvalue weighted by atomic mass is 9.91. The Labute approximate surface area is 171 Å². The van der Waals surface area contributed by atoms with Crippen molar-refractivity contribution in [2.45, 2.75) is 71.1 Å². The van der Waals surface area contributed by atoms with Crippen LogP contribution in [0.25, 0.3) is 0 Å². The minimum atomic E-state index is -1.02. The second-order valence-electron chi connectivity index (χ2n) is 7.87. The van der Waals surface area contributed by atoms with Gasteiger partial charge < -0.3 is 18.9 Å². The van der Waals surface area contributed by atoms with Crippen LogP contribution >= 0.6 is 0 Å². The normalized spacial score (nSPS) is 23.7. The molecule has 2 aliphatic rings. The molecule has 2 saturated heterocycles. The van der Waals surface area contributed by atoms with Crippen LogP contribution < -0.4 is 0 Å². The predicted molar refractivity (Wildman–Crippen MR) is 105 cm³/mol. The van der Waals surface area contributed by atoms with Gasteiger partial charge in [0.2, 0.25) is 0 Å². The molecular formula is C21H30N2O6. The number of ether oxygens (including phenoxy) is 4. The Morgan fingerprint density at radius 3 is 2.00 bits per heavy atom. The lowest BCUT2D eigenvalue weighted by Crippen LogP contribution is -2.67. The zero-order valence-electron chi connectivity index (χ0n) is 17.7. The molecule has 2 fully saturated rings. The van der Waals surface area contributed by atoms with Crippen LogP contribution in [-0.4, -0.2) is 59.5 Å². The molecule has 0 bridgehead atoms. The van der Waals surface area contributed by atoms with Crippen molar-refractivity contribution in [2.75, 3.05) is 13.2 Å². The molecule has 160 valence electrons. The Bertz CT molecular complexity index is 717. The fourth-order valence-electron chi connectivity index (χ4n) is 3.79. The number of benzene rings is 1. The molecule has 0 N–H and O–H groups in total. The lowest BCUT2D eigenvalue weighted by Gasteiger charge is -2.52. The first kappa shape index (κ1) is 21.4. The van der Waals surface area contributed by atoms with Gasteiger partial charge in [-0.15, -0.1) is 0 Å². The first-order valence-corrected chi connectivity index (χ1v) is 10.1. The van der Waals surface area contributed by atoms with Gasteiger partial charge in [-0.25, -0.2) is 19.6 Å². The van der Waals surface area contributed by atoms with Gasteiger partial charge in [-0.1, -0.05) is 30.3 Å². The van der Waals surface area contributed by atoms with Crippen molar-refractivity contribution in [3.8, 4) is 0 Å². The molecule has 2 atom stereocenters. The molecule has 2 aliphatic heterocycles. The molecule has 2 amide bonds. The molecule has 0 saturated carbocycles. The Morgan fingerprint density at radius 2 is 1.48 bits per heavy atom. The van der Waals surface area contributed by atoms with Gasteiger partial charge >= 0.3 is 12.2 Å². The molecule has 8 heteroatoms. The third-order valence-corrected chi connectivity index (χ3v) is 5.02. The lowest BCUT2D eigenvalue weighted by molar-refractivity contribution is -0.264. The monoisotopic (exact) mass is 406 g/mol. The molecule has 2 heterocycles. The summed E-state index contributed by atoms with van der Waals surface area (Å²) in [6.45, 7) is 9.70. The zero-order chi connectivity index (χ0) is 21.2. The van der Waals surface area contributed by atoms with Crippen molar-refractivity contribution in [1.82, 2.24) is 10.0 Å². The standard InChI is InChI=1S/C21H30N2O6/c1-14(2)28-19(24)22-16(5)21(26-11-12-27-21)13-18(17-9-7-6-8-10-17)23(22)20(25)29-15(3)4/h6-10,14-16,18H,11-13H2,1-5H3/t16-,18+/m1/s1. The highest BCUT2D eigenvalue weighted by Gasteiger charge is 2.57. The van der Waals surface area contributed by atoms with Crippen molar-refractivity contribution in [3.05, 3.63) is 35.9 Å². The summed E-state index contributed by atoms with van der Waals surface area (Å²) in [6.07, 6.45) is -1.58. The van der Waals surface area contributed by atoms with Crippen molar-refractivity contribution >= 4 is 12.2 Å². The molecule has 3 rings (SSSR count). The highest BCUT2D eigenvalue weighted by Crippen LogP contribution is 2.45. The Balaban J connectivity index is 2.07. The van der Waals surface area contributed by atoms with E-state index in [0.717, 1.165) is 5.56 Å². The van der Waals surface area contributed by atoms with Crippen LogP contribution in [0.4, 0.5) is 9.59 Å². The van der Waals surface area contributed by atoms with E-state index in [9.17, 15) is 9.59 Å². The van der Waals surface area contributed by atoms with E-state index in [1.54, 1.807) is 34.6 Å². The number of hydrogen-bond acceptors (Lipinski definition) is 6. The minimum Gasteiger partial charge on any atom is -0.445 e. The van der Waals surface area contributed by atoms with Crippen molar-refractivity contribution in [1.29, 1.82) is 0 Å². The van der Waals surface area contributed by atoms with E-state index >= 15 is 0 Å². The summed E-state index contributed by atoms with van der Waals surface area (Å²) in [5, 5.41) is 2.64. The fourth-order valence-corrected chi connectivity index (χ4v) is 3.79. The molecule has 0 unspecified atom stereocenters. The quantitative estimate of drug-likeness (QED) is 0.758. The maximum absolute atomic E-state index is 13.1. The first-order valence-electron chi connectivity index (χ1n) is 10.1. The van der Waals surface area contributed by atoms with Gasteiger partial charge in [0, 0.05) is 6.42 Å². The number of carbonyl (C=O) groups excluding carboxylic acids is 2. The maximum Gasteiger partial charge on any atom is 0.429 e. The van der Waals surface area contributed by atoms with E-state index in [1.165, 1.54) is 10.0 Å². The van der Waals surface area contributed by atoms with Gasteiger partial charge in [-0.2, -0.15) is 0 Å². The molecule has 1 spiro atoms. The van der Waals surface area contributed by atoms with Crippen LogP contribution in [0.5, 0.6) is 0 Å². The van der Waals surface area contributed by atoms with E-state index in [0.29, 0.717) is 19.6 Å². The number of hydrazine groups is 1. The van der Waals surface area contributed by atoms with Gasteiger partial charge in [-0.3, -0.25) is 0 Å². The number of nitrogens with zero attached hydrogens (tertiary/aromatic N) is 2. The second-order valence-corrected chi connectivity index (χ2v) is 7.87. The summed E-state index contributed by atoms with van der Waals surface area (Å²) in [5.41, 5.74) is 0.848. The van der Waals surface area contributed by atoms with Gasteiger partial charge in [-0.05, 0) is 40.2 Å². The van der Waals surface area contributed by atoms with E-state index < -0.39 is 30.1 Å². The summed E-state index contributed by atoms with van der Waals surface area (Å²) >= 11 is 0. The third kappa shape index (κ3) is 4.33. The molecular weight excluding hydrogens is 376 g/mol. The van der Waals surface area contributed by atoms with Crippen molar-refractivity contribution < 1.29 is 28.5 Å². The molecule has 0 radical (unpaired) electrons. The number of amides is 2. The largest absolute Gasteiger partial charge is 0.445 e. The number of rotatable bonds is 3. The first-order chi connectivity index (χ1) is 13.7. The average molecular weight is 406 g/mol. The van der Waals surface area contributed by atoms with E-state index in [1.807, 2.05) is 30.3 Å². The third-order valence-electron chi connectivity index (χ3n) is 5.02. The molecule has 29 heavy (non-hydrogen) atoms. The van der Waals surface area contributed by atoms with Crippen LogP contribution in [0, 0.1) is 0 Å². The molecule has 1 aromatic carbocycles. The zero-order valence-corrected chi connectivity index (χ0v) is 17.7. The number of hydrogen-bond donors (Lipinski definition) is 0. The number of carbonyl (C=O) groups is 2. The molecule has 1 aromatic rings. The van der Waals surface area contributed by atoms with Gasteiger partial charge in [0.05, 0.1) is 31.5 Å². The average Bonchev–Trinajstić information content (AvgIpc) is 3.12. The summed E-state index contributed by atoms with van der Waals surface area (Å²) < 4.78 is 22.9. The molecule has 0 aliphatic carbocycles. The van der Waals surface area contributed by atoms with Crippen LogP contribution in [0.2, 0.25) is 0 Å². The highest BCUT2D eigenvalue weighted by atomic mass is 16.7. The fraction of sp³-hybridized carbons (Fsp3) is 0.619. The Kier molecular flexibility index (Phi) is 6.33. The van der Waals surface area contributed by atoms with Crippen molar-refractivity contribution in [3.63, 3.8) is 0 Å².